The first-order chi connectivity index (χ1) is 10.2. The molecular weight excluding hydrogens is 266 g/mol. The second kappa shape index (κ2) is 7.59. The highest BCUT2D eigenvalue weighted by atomic mass is 16.5. The van der Waals surface area contributed by atoms with E-state index in [-0.39, 0.29) is 17.6 Å². The third-order valence-electron chi connectivity index (χ3n) is 3.33. The van der Waals surface area contributed by atoms with Crippen LogP contribution in [0.5, 0.6) is 0 Å². The molecule has 1 heterocycles. The van der Waals surface area contributed by atoms with E-state index >= 15 is 0 Å². The third-order valence-corrected chi connectivity index (χ3v) is 3.33. The van der Waals surface area contributed by atoms with E-state index in [9.17, 15) is 4.79 Å². The lowest BCUT2D eigenvalue weighted by atomic mass is 10.1. The number of hydrogen-bond donors (Lipinski definition) is 2. The van der Waals surface area contributed by atoms with E-state index in [1.54, 1.807) is 6.07 Å². The van der Waals surface area contributed by atoms with Crippen LogP contribution in [0.25, 0.3) is 11.3 Å². The molecule has 0 spiro atoms. The Morgan fingerprint density at radius 3 is 2.81 bits per heavy atom. The SMILES string of the molecule is CCCCC(CN)NC(=O)c1cc(-c2ccccc2)on1. The molecule has 21 heavy (non-hydrogen) atoms. The van der Waals surface area contributed by atoms with Gasteiger partial charge in [-0.15, -0.1) is 0 Å². The van der Waals surface area contributed by atoms with Crippen LogP contribution < -0.4 is 11.1 Å². The molecule has 0 aliphatic heterocycles. The maximum absolute atomic E-state index is 12.1. The van der Waals surface area contributed by atoms with E-state index in [0.29, 0.717) is 12.3 Å². The minimum Gasteiger partial charge on any atom is -0.355 e. The number of nitrogens with two attached hydrogens (primary N) is 1. The summed E-state index contributed by atoms with van der Waals surface area (Å²) in [6.45, 7) is 2.54. The summed E-state index contributed by atoms with van der Waals surface area (Å²) in [7, 11) is 0. The van der Waals surface area contributed by atoms with E-state index in [4.69, 9.17) is 10.3 Å². The molecule has 0 bridgehead atoms. The molecule has 5 heteroatoms. The van der Waals surface area contributed by atoms with Gasteiger partial charge in [-0.25, -0.2) is 0 Å². The fourth-order valence-corrected chi connectivity index (χ4v) is 2.08. The molecule has 0 aliphatic carbocycles. The van der Waals surface area contributed by atoms with Gasteiger partial charge in [0.05, 0.1) is 0 Å². The zero-order chi connectivity index (χ0) is 15.1. The lowest BCUT2D eigenvalue weighted by Gasteiger charge is -2.15. The Bertz CT molecular complexity index is 566. The molecule has 112 valence electrons. The van der Waals surface area contributed by atoms with Crippen molar-refractivity contribution in [1.82, 2.24) is 10.5 Å². The van der Waals surface area contributed by atoms with Crippen molar-refractivity contribution in [1.29, 1.82) is 0 Å². The first kappa shape index (κ1) is 15.3. The van der Waals surface area contributed by atoms with Gasteiger partial charge in [-0.3, -0.25) is 4.79 Å². The lowest BCUT2D eigenvalue weighted by Crippen LogP contribution is -2.40. The molecule has 0 saturated carbocycles. The van der Waals surface area contributed by atoms with Crippen LogP contribution in [0.4, 0.5) is 0 Å². The first-order valence-corrected chi connectivity index (χ1v) is 7.27. The van der Waals surface area contributed by atoms with Crippen molar-refractivity contribution in [3.8, 4) is 11.3 Å². The number of rotatable bonds is 7. The minimum atomic E-state index is -0.243. The topological polar surface area (TPSA) is 81.1 Å². The Morgan fingerprint density at radius 2 is 2.14 bits per heavy atom. The van der Waals surface area contributed by atoms with Gasteiger partial charge >= 0.3 is 0 Å². The molecule has 0 fully saturated rings. The second-order valence-electron chi connectivity index (χ2n) is 4.99. The highest BCUT2D eigenvalue weighted by Crippen LogP contribution is 2.19. The molecule has 1 aromatic carbocycles. The van der Waals surface area contributed by atoms with Crippen molar-refractivity contribution in [2.24, 2.45) is 5.73 Å². The van der Waals surface area contributed by atoms with Crippen LogP contribution in [0, 0.1) is 0 Å². The molecule has 1 amide bonds. The molecule has 2 aromatic rings. The molecule has 0 radical (unpaired) electrons. The zero-order valence-electron chi connectivity index (χ0n) is 12.2. The van der Waals surface area contributed by atoms with Gasteiger partial charge in [0.1, 0.15) is 0 Å². The predicted octanol–water partition coefficient (Wildman–Crippen LogP) is 2.59. The first-order valence-electron chi connectivity index (χ1n) is 7.27. The van der Waals surface area contributed by atoms with Gasteiger partial charge < -0.3 is 15.6 Å². The summed E-state index contributed by atoms with van der Waals surface area (Å²) in [5.41, 5.74) is 6.85. The van der Waals surface area contributed by atoms with Crippen molar-refractivity contribution < 1.29 is 9.32 Å². The fourth-order valence-electron chi connectivity index (χ4n) is 2.08. The molecule has 3 N–H and O–H groups in total. The molecule has 2 rings (SSSR count). The average molecular weight is 287 g/mol. The predicted molar refractivity (Wildman–Crippen MR) is 81.8 cm³/mol. The van der Waals surface area contributed by atoms with Crippen LogP contribution in [0.15, 0.2) is 40.9 Å². The van der Waals surface area contributed by atoms with Gasteiger partial charge in [0.25, 0.3) is 5.91 Å². The maximum atomic E-state index is 12.1. The van der Waals surface area contributed by atoms with Gasteiger partial charge in [-0.2, -0.15) is 0 Å². The van der Waals surface area contributed by atoms with Crippen LogP contribution >= 0.6 is 0 Å². The Kier molecular flexibility index (Phi) is 5.51. The standard InChI is InChI=1S/C16H21N3O2/c1-2-3-9-13(11-17)18-16(20)14-10-15(21-19-14)12-7-5-4-6-8-12/h4-8,10,13H,2-3,9,11,17H2,1H3,(H,18,20). The van der Waals surface area contributed by atoms with E-state index in [0.717, 1.165) is 24.8 Å². The van der Waals surface area contributed by atoms with Crippen LogP contribution in [0.1, 0.15) is 36.7 Å². The summed E-state index contributed by atoms with van der Waals surface area (Å²) in [5, 5.41) is 6.73. The van der Waals surface area contributed by atoms with Gasteiger partial charge in [0, 0.05) is 24.2 Å². The molecule has 0 saturated heterocycles. The normalized spacial score (nSPS) is 12.1. The number of benzene rings is 1. The van der Waals surface area contributed by atoms with Crippen LogP contribution in [0.3, 0.4) is 0 Å². The van der Waals surface area contributed by atoms with E-state index < -0.39 is 0 Å². The lowest BCUT2D eigenvalue weighted by molar-refractivity contribution is 0.0926. The van der Waals surface area contributed by atoms with E-state index in [2.05, 4.69) is 17.4 Å². The maximum Gasteiger partial charge on any atom is 0.273 e. The summed E-state index contributed by atoms with van der Waals surface area (Å²) >= 11 is 0. The van der Waals surface area contributed by atoms with E-state index in [1.807, 2.05) is 30.3 Å². The van der Waals surface area contributed by atoms with E-state index in [1.165, 1.54) is 0 Å². The van der Waals surface area contributed by atoms with Crippen molar-refractivity contribution in [2.45, 2.75) is 32.2 Å². The highest BCUT2D eigenvalue weighted by Gasteiger charge is 2.16. The second-order valence-corrected chi connectivity index (χ2v) is 4.99. The number of nitrogens with zero attached hydrogens (tertiary/aromatic N) is 1. The summed E-state index contributed by atoms with van der Waals surface area (Å²) < 4.78 is 5.23. The molecule has 1 aromatic heterocycles. The minimum absolute atomic E-state index is 0.0191. The fraction of sp³-hybridized carbons (Fsp3) is 0.375. The largest absolute Gasteiger partial charge is 0.355 e. The number of carbonyl (C=O) groups excluding carboxylic acids is 1. The quantitative estimate of drug-likeness (QED) is 0.820. The number of hydrogen-bond acceptors (Lipinski definition) is 4. The number of unbranched alkanes of at least 4 members (excludes halogenated alkanes) is 1. The van der Waals surface area contributed by atoms with Crippen molar-refractivity contribution >= 4 is 5.91 Å². The Hall–Kier alpha value is -2.14. The summed E-state index contributed by atoms with van der Waals surface area (Å²) in [6, 6.07) is 11.2. The Balaban J connectivity index is 2.02. The smallest absolute Gasteiger partial charge is 0.273 e. The number of carbonyl (C=O) groups is 1. The monoisotopic (exact) mass is 287 g/mol. The van der Waals surface area contributed by atoms with Crippen LogP contribution in [-0.4, -0.2) is 23.7 Å². The van der Waals surface area contributed by atoms with Gasteiger partial charge in [-0.05, 0) is 6.42 Å². The number of nitrogens with one attached hydrogen (secondary N) is 1. The molecule has 1 unspecified atom stereocenters. The Labute approximate surface area is 124 Å². The third kappa shape index (κ3) is 4.16. The van der Waals surface area contributed by atoms with Crippen molar-refractivity contribution in [2.75, 3.05) is 6.54 Å². The van der Waals surface area contributed by atoms with Crippen molar-refractivity contribution in [3.05, 3.63) is 42.1 Å². The molecular formula is C16H21N3O2. The van der Waals surface area contributed by atoms with Gasteiger partial charge in [0.15, 0.2) is 11.5 Å². The molecule has 1 atom stereocenters. The average Bonchev–Trinajstić information content (AvgIpc) is 3.02. The van der Waals surface area contributed by atoms with Crippen LogP contribution in [0.2, 0.25) is 0 Å². The van der Waals surface area contributed by atoms with Gasteiger partial charge in [0.2, 0.25) is 0 Å². The Morgan fingerprint density at radius 1 is 1.38 bits per heavy atom. The summed E-state index contributed by atoms with van der Waals surface area (Å²) in [5.74, 6) is 0.339. The zero-order valence-corrected chi connectivity index (χ0v) is 12.2. The molecule has 5 nitrogen and oxygen atoms in total. The molecule has 0 aliphatic rings. The summed E-state index contributed by atoms with van der Waals surface area (Å²) in [4.78, 5) is 12.1. The summed E-state index contributed by atoms with van der Waals surface area (Å²) in [6.07, 6.45) is 2.99. The van der Waals surface area contributed by atoms with Gasteiger partial charge in [-0.1, -0.05) is 55.3 Å². The number of amides is 1. The van der Waals surface area contributed by atoms with Crippen LogP contribution in [-0.2, 0) is 0 Å². The number of aromatic nitrogens is 1. The van der Waals surface area contributed by atoms with Crippen molar-refractivity contribution in [3.63, 3.8) is 0 Å². The highest BCUT2D eigenvalue weighted by molar-refractivity contribution is 5.93.